The molecule has 0 bridgehead atoms. The highest BCUT2D eigenvalue weighted by molar-refractivity contribution is 7.89. The van der Waals surface area contributed by atoms with Crippen molar-refractivity contribution < 1.29 is 30.4 Å². The molecule has 1 fully saturated rings. The summed E-state index contributed by atoms with van der Waals surface area (Å²) in [6.45, 7) is 0.451. The first-order chi connectivity index (χ1) is 15.6. The van der Waals surface area contributed by atoms with Gasteiger partial charge in [0.2, 0.25) is 10.0 Å². The van der Waals surface area contributed by atoms with Crippen molar-refractivity contribution in [3.63, 3.8) is 0 Å². The van der Waals surface area contributed by atoms with E-state index in [-0.39, 0.29) is 32.0 Å². The Bertz CT molecular complexity index is 1260. The van der Waals surface area contributed by atoms with Crippen molar-refractivity contribution in [2.75, 3.05) is 31.1 Å². The summed E-state index contributed by atoms with van der Waals surface area (Å²) in [5.41, 5.74) is -0.393. The fourth-order valence-electron chi connectivity index (χ4n) is 3.49. The molecule has 174 valence electrons. The molecule has 6 nitrogen and oxygen atoms in total. The average Bonchev–Trinajstić information content (AvgIpc) is 2.79. The van der Waals surface area contributed by atoms with Gasteiger partial charge in [-0.05, 0) is 42.5 Å². The lowest BCUT2D eigenvalue weighted by Crippen LogP contribution is -2.49. The number of rotatable bonds is 4. The summed E-state index contributed by atoms with van der Waals surface area (Å²) in [4.78, 5) is 9.57. The highest BCUT2D eigenvalue weighted by Crippen LogP contribution is 2.33. The maximum Gasteiger partial charge on any atom is 0.419 e. The number of halogens is 5. The van der Waals surface area contributed by atoms with E-state index in [1.165, 1.54) is 18.5 Å². The van der Waals surface area contributed by atoms with Crippen LogP contribution in [0.4, 0.5) is 27.8 Å². The van der Waals surface area contributed by atoms with Crippen LogP contribution in [-0.2, 0) is 16.2 Å². The molecule has 0 N–H and O–H groups in total. The predicted octanol–water partition coefficient (Wildman–Crippen LogP) is 3.95. The molecule has 0 aliphatic carbocycles. The van der Waals surface area contributed by atoms with Crippen LogP contribution in [0.1, 0.15) is 5.56 Å². The monoisotopic (exact) mass is 484 g/mol. The third-order valence-corrected chi connectivity index (χ3v) is 7.13. The lowest BCUT2D eigenvalue weighted by atomic mass is 10.1. The summed E-state index contributed by atoms with van der Waals surface area (Å²) in [5.74, 6) is -1.39. The fraction of sp³-hybridized carbons (Fsp3) is 0.238. The zero-order chi connectivity index (χ0) is 23.8. The molecule has 1 aliphatic rings. The highest BCUT2D eigenvalue weighted by atomic mass is 32.2. The van der Waals surface area contributed by atoms with Crippen molar-refractivity contribution >= 4 is 15.8 Å². The van der Waals surface area contributed by atoms with Gasteiger partial charge in [0.15, 0.2) is 0 Å². The largest absolute Gasteiger partial charge is 0.419 e. The molecule has 3 aromatic rings. The van der Waals surface area contributed by atoms with Crippen molar-refractivity contribution in [3.05, 3.63) is 72.1 Å². The predicted molar refractivity (Wildman–Crippen MR) is 110 cm³/mol. The van der Waals surface area contributed by atoms with E-state index in [1.807, 2.05) is 4.90 Å². The first-order valence-corrected chi connectivity index (χ1v) is 11.2. The summed E-state index contributed by atoms with van der Waals surface area (Å²) in [7, 11) is -4.25. The Labute approximate surface area is 186 Å². The van der Waals surface area contributed by atoms with Crippen LogP contribution in [0.25, 0.3) is 11.3 Å². The van der Waals surface area contributed by atoms with Gasteiger partial charge in [-0.25, -0.2) is 27.2 Å². The minimum Gasteiger partial charge on any atom is -0.354 e. The molecule has 1 aromatic heterocycles. The van der Waals surface area contributed by atoms with Crippen molar-refractivity contribution in [1.29, 1.82) is 0 Å². The summed E-state index contributed by atoms with van der Waals surface area (Å²) < 4.78 is 92.4. The Morgan fingerprint density at radius 2 is 1.52 bits per heavy atom. The van der Waals surface area contributed by atoms with Gasteiger partial charge in [-0.2, -0.15) is 17.5 Å². The van der Waals surface area contributed by atoms with E-state index in [0.717, 1.165) is 10.4 Å². The molecule has 2 aromatic carbocycles. The fourth-order valence-corrected chi connectivity index (χ4v) is 4.94. The number of piperazine rings is 1. The third kappa shape index (κ3) is 4.81. The number of sulfonamides is 1. The topological polar surface area (TPSA) is 66.4 Å². The van der Waals surface area contributed by atoms with Crippen LogP contribution in [0.15, 0.2) is 59.8 Å². The smallest absolute Gasteiger partial charge is 0.354 e. The van der Waals surface area contributed by atoms with Gasteiger partial charge < -0.3 is 4.90 Å². The van der Waals surface area contributed by atoms with E-state index < -0.39 is 32.5 Å². The normalized spacial score (nSPS) is 15.6. The second-order valence-corrected chi connectivity index (χ2v) is 9.24. The van der Waals surface area contributed by atoms with Gasteiger partial charge in [0, 0.05) is 37.8 Å². The molecule has 1 saturated heterocycles. The summed E-state index contributed by atoms with van der Waals surface area (Å²) in [5, 5.41) is 0. The van der Waals surface area contributed by atoms with Gasteiger partial charge in [0.05, 0.1) is 16.2 Å². The van der Waals surface area contributed by atoms with Crippen LogP contribution < -0.4 is 4.90 Å². The second kappa shape index (κ2) is 8.67. The Morgan fingerprint density at radius 3 is 2.15 bits per heavy atom. The first kappa shape index (κ1) is 23.1. The SMILES string of the molecule is O=S(=O)(c1ccc(F)c(C(F)(F)F)c1)N1CCN(c2cc(-c3ccc(F)cc3)ncn2)CC1. The van der Waals surface area contributed by atoms with E-state index in [9.17, 15) is 30.4 Å². The van der Waals surface area contributed by atoms with Gasteiger partial charge in [-0.1, -0.05) is 0 Å². The third-order valence-electron chi connectivity index (χ3n) is 5.24. The second-order valence-electron chi connectivity index (χ2n) is 7.30. The number of nitrogens with zero attached hydrogens (tertiary/aromatic N) is 4. The molecule has 2 heterocycles. The summed E-state index contributed by atoms with van der Waals surface area (Å²) >= 11 is 0. The molecule has 0 radical (unpaired) electrons. The van der Waals surface area contributed by atoms with Crippen molar-refractivity contribution in [1.82, 2.24) is 14.3 Å². The molecule has 12 heteroatoms. The standard InChI is InChI=1S/C21H17F5N4O2S/c22-15-3-1-14(2-4-15)19-12-20(28-13-27-19)29-7-9-30(10-8-29)33(31,32)16-5-6-18(23)17(11-16)21(24,25)26/h1-6,11-13H,7-10H2. The van der Waals surface area contributed by atoms with Crippen molar-refractivity contribution in [2.45, 2.75) is 11.1 Å². The molecule has 0 amide bonds. The van der Waals surface area contributed by atoms with Gasteiger partial charge in [0.25, 0.3) is 0 Å². The molecule has 0 unspecified atom stereocenters. The molecule has 0 atom stereocenters. The van der Waals surface area contributed by atoms with Crippen LogP contribution in [0.3, 0.4) is 0 Å². The Morgan fingerprint density at radius 1 is 0.848 bits per heavy atom. The van der Waals surface area contributed by atoms with Crippen molar-refractivity contribution in [3.8, 4) is 11.3 Å². The molecule has 0 saturated carbocycles. The van der Waals surface area contributed by atoms with E-state index in [4.69, 9.17) is 0 Å². The Hall–Kier alpha value is -3.12. The minimum atomic E-state index is -5.01. The average molecular weight is 484 g/mol. The lowest BCUT2D eigenvalue weighted by Gasteiger charge is -2.34. The maximum absolute atomic E-state index is 13.5. The minimum absolute atomic E-state index is 0.00303. The zero-order valence-electron chi connectivity index (χ0n) is 16.9. The maximum atomic E-state index is 13.5. The number of hydrogen-bond acceptors (Lipinski definition) is 5. The quantitative estimate of drug-likeness (QED) is 0.525. The van der Waals surface area contributed by atoms with E-state index in [1.54, 1.807) is 18.2 Å². The van der Waals surface area contributed by atoms with E-state index in [2.05, 4.69) is 9.97 Å². The number of alkyl halides is 3. The van der Waals surface area contributed by atoms with Gasteiger partial charge in [-0.3, -0.25) is 0 Å². The van der Waals surface area contributed by atoms with Crippen molar-refractivity contribution in [2.24, 2.45) is 0 Å². The number of benzene rings is 2. The van der Waals surface area contributed by atoms with Crippen LogP contribution in [0.2, 0.25) is 0 Å². The molecule has 33 heavy (non-hydrogen) atoms. The zero-order valence-corrected chi connectivity index (χ0v) is 17.7. The lowest BCUT2D eigenvalue weighted by molar-refractivity contribution is -0.140. The van der Waals surface area contributed by atoms with Crippen LogP contribution >= 0.6 is 0 Å². The molecule has 1 aliphatic heterocycles. The van der Waals surface area contributed by atoms with Gasteiger partial charge in [0.1, 0.15) is 23.8 Å². The highest BCUT2D eigenvalue weighted by Gasteiger charge is 2.37. The van der Waals surface area contributed by atoms with Crippen LogP contribution in [-0.4, -0.2) is 48.9 Å². The van der Waals surface area contributed by atoms with E-state index in [0.29, 0.717) is 29.2 Å². The summed E-state index contributed by atoms with van der Waals surface area (Å²) in [6.07, 6.45) is -3.67. The molecular weight excluding hydrogens is 467 g/mol. The van der Waals surface area contributed by atoms with Crippen LogP contribution in [0, 0.1) is 11.6 Å². The number of anilines is 1. The first-order valence-electron chi connectivity index (χ1n) is 9.75. The number of aromatic nitrogens is 2. The number of hydrogen-bond donors (Lipinski definition) is 0. The molecule has 4 rings (SSSR count). The van der Waals surface area contributed by atoms with Crippen LogP contribution in [0.5, 0.6) is 0 Å². The van der Waals surface area contributed by atoms with Gasteiger partial charge in [-0.15, -0.1) is 0 Å². The molecule has 0 spiro atoms. The summed E-state index contributed by atoms with van der Waals surface area (Å²) in [6, 6.07) is 9.09. The molecular formula is C21H17F5N4O2S. The Kier molecular flexibility index (Phi) is 6.06. The van der Waals surface area contributed by atoms with E-state index >= 15 is 0 Å². The van der Waals surface area contributed by atoms with Gasteiger partial charge >= 0.3 is 6.18 Å². The Balaban J connectivity index is 1.50.